The summed E-state index contributed by atoms with van der Waals surface area (Å²) in [5.41, 5.74) is 0.193. The molecule has 0 aromatic heterocycles. The average molecular weight is 416 g/mol. The fourth-order valence-corrected chi connectivity index (χ4v) is 3.32. The van der Waals surface area contributed by atoms with Crippen LogP contribution in [-0.2, 0) is 16.1 Å². The standard InChI is InChI=1S/C19H27BrFNO3/c1-5-19(24-13-14-6-7-16(21)15(20)12-14)8-10-22(11-9-19)17(23)25-18(2,3)4/h6-7,12H,5,8-11,13H2,1-4H3. The van der Waals surface area contributed by atoms with Crippen molar-refractivity contribution < 1.29 is 18.7 Å². The second kappa shape index (κ2) is 8.04. The van der Waals surface area contributed by atoms with Gasteiger partial charge in [-0.1, -0.05) is 13.0 Å². The van der Waals surface area contributed by atoms with Crippen molar-refractivity contribution in [3.05, 3.63) is 34.1 Å². The van der Waals surface area contributed by atoms with Crippen molar-refractivity contribution in [2.24, 2.45) is 0 Å². The number of halogens is 2. The summed E-state index contributed by atoms with van der Waals surface area (Å²) in [5, 5.41) is 0. The van der Waals surface area contributed by atoms with Crippen LogP contribution in [-0.4, -0.2) is 35.3 Å². The second-order valence-corrected chi connectivity index (χ2v) is 8.40. The van der Waals surface area contributed by atoms with Crippen LogP contribution < -0.4 is 0 Å². The van der Waals surface area contributed by atoms with E-state index in [0.29, 0.717) is 24.2 Å². The normalized spacial score (nSPS) is 17.4. The van der Waals surface area contributed by atoms with E-state index in [-0.39, 0.29) is 17.5 Å². The molecular formula is C19H27BrFNO3. The number of amides is 1. The van der Waals surface area contributed by atoms with Crippen LogP contribution in [0.2, 0.25) is 0 Å². The van der Waals surface area contributed by atoms with Gasteiger partial charge in [0.05, 0.1) is 16.7 Å². The highest BCUT2D eigenvalue weighted by atomic mass is 79.9. The summed E-state index contributed by atoms with van der Waals surface area (Å²) in [4.78, 5) is 13.9. The summed E-state index contributed by atoms with van der Waals surface area (Å²) in [6.07, 6.45) is 2.15. The van der Waals surface area contributed by atoms with E-state index in [1.54, 1.807) is 17.0 Å². The Morgan fingerprint density at radius 3 is 2.48 bits per heavy atom. The molecule has 1 aliphatic rings. The van der Waals surface area contributed by atoms with Crippen LogP contribution in [0.15, 0.2) is 22.7 Å². The highest BCUT2D eigenvalue weighted by molar-refractivity contribution is 9.10. The summed E-state index contributed by atoms with van der Waals surface area (Å²) in [6, 6.07) is 4.92. The zero-order valence-electron chi connectivity index (χ0n) is 15.4. The first kappa shape index (κ1) is 20.2. The van der Waals surface area contributed by atoms with Gasteiger partial charge in [0, 0.05) is 13.1 Å². The Morgan fingerprint density at radius 2 is 1.96 bits per heavy atom. The van der Waals surface area contributed by atoms with Gasteiger partial charge in [-0.05, 0) is 73.7 Å². The number of hydrogen-bond donors (Lipinski definition) is 0. The molecule has 0 saturated carbocycles. The van der Waals surface area contributed by atoms with Crippen molar-refractivity contribution in [3.8, 4) is 0 Å². The highest BCUT2D eigenvalue weighted by Crippen LogP contribution is 2.32. The molecule has 0 bridgehead atoms. The van der Waals surface area contributed by atoms with Crippen LogP contribution in [0.25, 0.3) is 0 Å². The number of nitrogens with zero attached hydrogens (tertiary/aromatic N) is 1. The first-order chi connectivity index (χ1) is 11.6. The van der Waals surface area contributed by atoms with Crippen molar-refractivity contribution in [2.45, 2.75) is 64.8 Å². The maximum Gasteiger partial charge on any atom is 0.410 e. The average Bonchev–Trinajstić information content (AvgIpc) is 2.55. The molecular weight excluding hydrogens is 389 g/mol. The number of rotatable bonds is 4. The molecule has 140 valence electrons. The Morgan fingerprint density at radius 1 is 1.32 bits per heavy atom. The van der Waals surface area contributed by atoms with Gasteiger partial charge in [-0.15, -0.1) is 0 Å². The van der Waals surface area contributed by atoms with E-state index in [4.69, 9.17) is 9.47 Å². The number of carbonyl (C=O) groups excluding carboxylic acids is 1. The van der Waals surface area contributed by atoms with Crippen molar-refractivity contribution in [1.82, 2.24) is 4.90 Å². The Balaban J connectivity index is 1.92. The van der Waals surface area contributed by atoms with E-state index in [1.807, 2.05) is 20.8 Å². The zero-order chi connectivity index (χ0) is 18.7. The lowest BCUT2D eigenvalue weighted by molar-refractivity contribution is -0.0954. The quantitative estimate of drug-likeness (QED) is 0.670. The van der Waals surface area contributed by atoms with Crippen molar-refractivity contribution in [2.75, 3.05) is 13.1 Å². The molecule has 1 amide bonds. The lowest BCUT2D eigenvalue weighted by Gasteiger charge is -2.41. The zero-order valence-corrected chi connectivity index (χ0v) is 17.0. The number of likely N-dealkylation sites (tertiary alicyclic amines) is 1. The molecule has 0 spiro atoms. The maximum absolute atomic E-state index is 13.3. The van der Waals surface area contributed by atoms with Gasteiger partial charge >= 0.3 is 6.09 Å². The largest absolute Gasteiger partial charge is 0.444 e. The van der Waals surface area contributed by atoms with Crippen LogP contribution >= 0.6 is 15.9 Å². The molecule has 1 fully saturated rings. The van der Waals surface area contributed by atoms with Gasteiger partial charge < -0.3 is 14.4 Å². The van der Waals surface area contributed by atoms with Gasteiger partial charge in [0.2, 0.25) is 0 Å². The molecule has 1 aromatic rings. The minimum atomic E-state index is -0.483. The minimum Gasteiger partial charge on any atom is -0.444 e. The van der Waals surface area contributed by atoms with Crippen molar-refractivity contribution in [1.29, 1.82) is 0 Å². The van der Waals surface area contributed by atoms with Crippen LogP contribution in [0.4, 0.5) is 9.18 Å². The number of ether oxygens (including phenoxy) is 2. The summed E-state index contributed by atoms with van der Waals surface area (Å²) >= 11 is 3.20. The third kappa shape index (κ3) is 5.68. The molecule has 4 nitrogen and oxygen atoms in total. The third-order valence-corrected chi connectivity index (χ3v) is 5.11. The molecule has 0 N–H and O–H groups in total. The summed E-state index contributed by atoms with van der Waals surface area (Å²) < 4.78 is 25.4. The Bertz CT molecular complexity index is 607. The molecule has 1 heterocycles. The van der Waals surface area contributed by atoms with Crippen LogP contribution in [0, 0.1) is 5.82 Å². The summed E-state index contributed by atoms with van der Waals surface area (Å²) in [7, 11) is 0. The SMILES string of the molecule is CCC1(OCc2ccc(F)c(Br)c2)CCN(C(=O)OC(C)(C)C)CC1. The number of carbonyl (C=O) groups is 1. The van der Waals surface area contributed by atoms with E-state index in [2.05, 4.69) is 22.9 Å². The Kier molecular flexibility index (Phi) is 6.49. The molecule has 0 radical (unpaired) electrons. The van der Waals surface area contributed by atoms with E-state index in [9.17, 15) is 9.18 Å². The number of benzene rings is 1. The van der Waals surface area contributed by atoms with Gasteiger partial charge in [0.15, 0.2) is 0 Å². The van der Waals surface area contributed by atoms with E-state index in [0.717, 1.165) is 24.8 Å². The fourth-order valence-electron chi connectivity index (χ4n) is 2.89. The smallest absolute Gasteiger partial charge is 0.410 e. The van der Waals surface area contributed by atoms with E-state index < -0.39 is 5.60 Å². The van der Waals surface area contributed by atoms with Gasteiger partial charge in [-0.2, -0.15) is 0 Å². The summed E-state index contributed by atoms with van der Waals surface area (Å²) in [6.45, 7) is 9.38. The number of hydrogen-bond acceptors (Lipinski definition) is 3. The second-order valence-electron chi connectivity index (χ2n) is 7.54. The molecule has 1 aliphatic heterocycles. The van der Waals surface area contributed by atoms with Crippen LogP contribution in [0.3, 0.4) is 0 Å². The molecule has 25 heavy (non-hydrogen) atoms. The lowest BCUT2D eigenvalue weighted by atomic mass is 9.88. The van der Waals surface area contributed by atoms with E-state index >= 15 is 0 Å². The van der Waals surface area contributed by atoms with Gasteiger partial charge in [-0.3, -0.25) is 0 Å². The summed E-state index contributed by atoms with van der Waals surface area (Å²) in [5.74, 6) is -0.278. The first-order valence-corrected chi connectivity index (χ1v) is 9.49. The molecule has 1 aromatic carbocycles. The Labute approximate surface area is 157 Å². The molecule has 0 unspecified atom stereocenters. The first-order valence-electron chi connectivity index (χ1n) is 8.70. The van der Waals surface area contributed by atoms with Gasteiger partial charge in [-0.25, -0.2) is 9.18 Å². The van der Waals surface area contributed by atoms with Gasteiger partial charge in [0.1, 0.15) is 11.4 Å². The van der Waals surface area contributed by atoms with Crippen LogP contribution in [0.1, 0.15) is 52.5 Å². The maximum atomic E-state index is 13.3. The highest BCUT2D eigenvalue weighted by Gasteiger charge is 2.36. The monoisotopic (exact) mass is 415 g/mol. The molecule has 0 aliphatic carbocycles. The predicted octanol–water partition coefficient (Wildman–Crippen LogP) is 5.28. The minimum absolute atomic E-state index is 0.251. The third-order valence-electron chi connectivity index (χ3n) is 4.50. The van der Waals surface area contributed by atoms with Crippen LogP contribution in [0.5, 0.6) is 0 Å². The topological polar surface area (TPSA) is 38.8 Å². The van der Waals surface area contributed by atoms with Crippen molar-refractivity contribution >= 4 is 22.0 Å². The fraction of sp³-hybridized carbons (Fsp3) is 0.632. The molecule has 0 atom stereocenters. The molecule has 1 saturated heterocycles. The predicted molar refractivity (Wildman–Crippen MR) is 99.0 cm³/mol. The van der Waals surface area contributed by atoms with Crippen molar-refractivity contribution in [3.63, 3.8) is 0 Å². The molecule has 2 rings (SSSR count). The lowest BCUT2D eigenvalue weighted by Crippen LogP contribution is -2.49. The van der Waals surface area contributed by atoms with Gasteiger partial charge in [0.25, 0.3) is 0 Å². The van der Waals surface area contributed by atoms with E-state index in [1.165, 1.54) is 6.07 Å². The Hall–Kier alpha value is -1.14. The molecule has 6 heteroatoms. The number of piperidine rings is 1.